The normalized spacial score (nSPS) is 24.0. The molecule has 0 aromatic heterocycles. The summed E-state index contributed by atoms with van der Waals surface area (Å²) in [5, 5.41) is 0. The molecule has 1 aromatic carbocycles. The number of nitrogens with zero attached hydrogens (tertiary/aromatic N) is 3. The van der Waals surface area contributed by atoms with Gasteiger partial charge in [0.2, 0.25) is 10.0 Å². The molecule has 2 aliphatic heterocycles. The Bertz CT molecular complexity index is 788. The van der Waals surface area contributed by atoms with E-state index >= 15 is 0 Å². The van der Waals surface area contributed by atoms with Crippen molar-refractivity contribution in [3.05, 3.63) is 24.3 Å². The number of hydrogen-bond acceptors (Lipinski definition) is 4. The molecule has 0 N–H and O–H groups in total. The van der Waals surface area contributed by atoms with Gasteiger partial charge in [-0.05, 0) is 56.4 Å². The summed E-state index contributed by atoms with van der Waals surface area (Å²) in [7, 11) is -2.18. The van der Waals surface area contributed by atoms with Crippen LogP contribution in [0.2, 0.25) is 0 Å². The van der Waals surface area contributed by atoms with Crippen molar-refractivity contribution in [1.82, 2.24) is 14.1 Å². The lowest BCUT2D eigenvalue weighted by Crippen LogP contribution is -2.54. The Labute approximate surface area is 168 Å². The first-order valence-corrected chi connectivity index (χ1v) is 11.4. The summed E-state index contributed by atoms with van der Waals surface area (Å²) in [5.41, 5.74) is 0. The number of rotatable bonds is 4. The number of urea groups is 1. The van der Waals surface area contributed by atoms with Gasteiger partial charge in [0.15, 0.2) is 0 Å². The molecule has 0 bridgehead atoms. The van der Waals surface area contributed by atoms with E-state index in [0.717, 1.165) is 32.4 Å². The average Bonchev–Trinajstić information content (AvgIpc) is 3.06. The van der Waals surface area contributed by atoms with Crippen LogP contribution in [0.15, 0.2) is 29.2 Å². The molecule has 2 fully saturated rings. The monoisotopic (exact) mass is 409 g/mol. The molecular weight excluding hydrogens is 378 g/mol. The molecule has 2 amide bonds. The summed E-state index contributed by atoms with van der Waals surface area (Å²) in [4.78, 5) is 17.1. The molecule has 2 atom stereocenters. The number of amides is 2. The molecule has 2 heterocycles. The first-order chi connectivity index (χ1) is 13.3. The Balaban J connectivity index is 1.91. The molecule has 0 spiro atoms. The third-order valence-electron chi connectivity index (χ3n) is 5.61. The van der Waals surface area contributed by atoms with Crippen LogP contribution < -0.4 is 4.74 Å². The van der Waals surface area contributed by atoms with E-state index in [1.165, 1.54) is 4.31 Å². The summed E-state index contributed by atoms with van der Waals surface area (Å²) in [6.07, 6.45) is 2.67. The number of ether oxygens (including phenoxy) is 1. The molecule has 1 aromatic rings. The zero-order valence-electron chi connectivity index (χ0n) is 17.2. The zero-order valence-corrected chi connectivity index (χ0v) is 18.0. The summed E-state index contributed by atoms with van der Waals surface area (Å²) in [5.74, 6) is 0.586. The van der Waals surface area contributed by atoms with E-state index < -0.39 is 16.2 Å². The molecule has 2 unspecified atom stereocenters. The van der Waals surface area contributed by atoms with E-state index in [2.05, 4.69) is 0 Å². The number of sulfonamides is 1. The summed E-state index contributed by atoms with van der Waals surface area (Å²) in [6, 6.07) is 6.20. The second-order valence-electron chi connectivity index (χ2n) is 7.99. The van der Waals surface area contributed by atoms with Gasteiger partial charge in [-0.25, -0.2) is 13.2 Å². The lowest BCUT2D eigenvalue weighted by Gasteiger charge is -2.38. The SMILES string of the molecule is COc1ccc(S(=O)(=O)N2CC(C)N(C(=O)N3CCCCC3)C2C(C)C)cc1. The molecule has 2 aliphatic rings. The van der Waals surface area contributed by atoms with E-state index in [-0.39, 0.29) is 22.9 Å². The van der Waals surface area contributed by atoms with Crippen LogP contribution in [0.5, 0.6) is 5.75 Å². The Morgan fingerprint density at radius 3 is 2.25 bits per heavy atom. The van der Waals surface area contributed by atoms with Crippen LogP contribution >= 0.6 is 0 Å². The highest BCUT2D eigenvalue weighted by molar-refractivity contribution is 7.89. The van der Waals surface area contributed by atoms with Crippen molar-refractivity contribution < 1.29 is 17.9 Å². The predicted octanol–water partition coefficient (Wildman–Crippen LogP) is 2.98. The molecule has 3 rings (SSSR count). The maximum Gasteiger partial charge on any atom is 0.321 e. The predicted molar refractivity (Wildman–Crippen MR) is 108 cm³/mol. The third-order valence-corrected chi connectivity index (χ3v) is 7.46. The highest BCUT2D eigenvalue weighted by Gasteiger charge is 2.48. The van der Waals surface area contributed by atoms with Crippen molar-refractivity contribution in [2.75, 3.05) is 26.7 Å². The van der Waals surface area contributed by atoms with Gasteiger partial charge in [-0.3, -0.25) is 0 Å². The number of carbonyl (C=O) groups is 1. The van der Waals surface area contributed by atoms with Gasteiger partial charge in [-0.15, -0.1) is 0 Å². The van der Waals surface area contributed by atoms with E-state index in [0.29, 0.717) is 12.3 Å². The van der Waals surface area contributed by atoms with Crippen molar-refractivity contribution in [3.63, 3.8) is 0 Å². The van der Waals surface area contributed by atoms with Crippen LogP contribution in [0.3, 0.4) is 0 Å². The molecule has 2 saturated heterocycles. The first kappa shape index (κ1) is 20.9. The average molecular weight is 410 g/mol. The van der Waals surface area contributed by atoms with Crippen LogP contribution in [0, 0.1) is 5.92 Å². The highest BCUT2D eigenvalue weighted by Crippen LogP contribution is 2.33. The number of hydrogen-bond donors (Lipinski definition) is 0. The molecule has 8 heteroatoms. The summed E-state index contributed by atoms with van der Waals surface area (Å²) >= 11 is 0. The lowest BCUT2D eigenvalue weighted by atomic mass is 10.1. The van der Waals surface area contributed by atoms with E-state index in [4.69, 9.17) is 4.74 Å². The molecule has 0 radical (unpaired) electrons. The van der Waals surface area contributed by atoms with Crippen LogP contribution in [0.4, 0.5) is 4.79 Å². The molecule has 7 nitrogen and oxygen atoms in total. The molecule has 0 aliphatic carbocycles. The van der Waals surface area contributed by atoms with Crippen molar-refractivity contribution in [2.24, 2.45) is 5.92 Å². The van der Waals surface area contributed by atoms with Gasteiger partial charge in [0.05, 0.1) is 12.0 Å². The van der Waals surface area contributed by atoms with Gasteiger partial charge >= 0.3 is 6.03 Å². The quantitative estimate of drug-likeness (QED) is 0.767. The minimum Gasteiger partial charge on any atom is -0.497 e. The van der Waals surface area contributed by atoms with E-state index in [1.54, 1.807) is 36.3 Å². The van der Waals surface area contributed by atoms with Crippen molar-refractivity contribution >= 4 is 16.1 Å². The van der Waals surface area contributed by atoms with Gasteiger partial charge < -0.3 is 14.5 Å². The zero-order chi connectivity index (χ0) is 20.5. The molecular formula is C20H31N3O4S. The number of methoxy groups -OCH3 is 1. The van der Waals surface area contributed by atoms with Crippen LogP contribution in [0.1, 0.15) is 40.0 Å². The van der Waals surface area contributed by atoms with E-state index in [9.17, 15) is 13.2 Å². The van der Waals surface area contributed by atoms with Gasteiger partial charge in [0.1, 0.15) is 11.9 Å². The number of benzene rings is 1. The van der Waals surface area contributed by atoms with E-state index in [1.807, 2.05) is 25.7 Å². The Hall–Kier alpha value is -1.80. The fourth-order valence-corrected chi connectivity index (χ4v) is 5.98. The standard InChI is InChI=1S/C20H31N3O4S/c1-15(2)19-22(28(25,26)18-10-8-17(27-4)9-11-18)14-16(3)23(19)20(24)21-12-6-5-7-13-21/h8-11,15-16,19H,5-7,12-14H2,1-4H3. The van der Waals surface area contributed by atoms with Gasteiger partial charge in [0, 0.05) is 25.7 Å². The highest BCUT2D eigenvalue weighted by atomic mass is 32.2. The lowest BCUT2D eigenvalue weighted by molar-refractivity contribution is 0.0985. The first-order valence-electron chi connectivity index (χ1n) is 10.0. The topological polar surface area (TPSA) is 70.2 Å². The van der Waals surface area contributed by atoms with Crippen LogP contribution in [0.25, 0.3) is 0 Å². The van der Waals surface area contributed by atoms with Crippen LogP contribution in [-0.4, -0.2) is 67.5 Å². The van der Waals surface area contributed by atoms with Gasteiger partial charge in [0.25, 0.3) is 0 Å². The number of likely N-dealkylation sites (tertiary alicyclic amines) is 1. The molecule has 28 heavy (non-hydrogen) atoms. The summed E-state index contributed by atoms with van der Waals surface area (Å²) < 4.78 is 33.4. The van der Waals surface area contributed by atoms with Crippen molar-refractivity contribution in [1.29, 1.82) is 0 Å². The smallest absolute Gasteiger partial charge is 0.321 e. The third kappa shape index (κ3) is 3.85. The second-order valence-corrected chi connectivity index (χ2v) is 9.89. The van der Waals surface area contributed by atoms with Gasteiger partial charge in [-0.2, -0.15) is 4.31 Å². The Morgan fingerprint density at radius 1 is 1.11 bits per heavy atom. The minimum atomic E-state index is -3.72. The van der Waals surface area contributed by atoms with Crippen molar-refractivity contribution in [2.45, 2.75) is 57.1 Å². The van der Waals surface area contributed by atoms with Crippen LogP contribution in [-0.2, 0) is 10.0 Å². The van der Waals surface area contributed by atoms with Gasteiger partial charge in [-0.1, -0.05) is 13.8 Å². The maximum absolute atomic E-state index is 13.4. The largest absolute Gasteiger partial charge is 0.497 e. The Morgan fingerprint density at radius 2 is 1.71 bits per heavy atom. The molecule has 156 valence electrons. The number of carbonyl (C=O) groups excluding carboxylic acids is 1. The summed E-state index contributed by atoms with van der Waals surface area (Å²) in [6.45, 7) is 7.67. The number of piperidine rings is 1. The fraction of sp³-hybridized carbons (Fsp3) is 0.650. The molecule has 0 saturated carbocycles. The minimum absolute atomic E-state index is 0.0216. The maximum atomic E-state index is 13.4. The van der Waals surface area contributed by atoms with Crippen molar-refractivity contribution in [3.8, 4) is 5.75 Å². The Kier molecular flexibility index (Phi) is 6.19. The fourth-order valence-electron chi connectivity index (χ4n) is 4.18. The second kappa shape index (κ2) is 8.29.